The Hall–Kier alpha value is -2.65. The summed E-state index contributed by atoms with van der Waals surface area (Å²) in [7, 11) is 0. The Kier molecular flexibility index (Phi) is 2.97. The standard InChI is InChI=1S/C14H8FN3OS/c15-10-2-1-8(5-11(10)17)19-13-4-3-12-14(9(13)6-16)20-7-18-12/h1-5,7H,17H2. The molecular weight excluding hydrogens is 277 g/mol. The van der Waals surface area contributed by atoms with Crippen LogP contribution in [-0.2, 0) is 0 Å². The average molecular weight is 285 g/mol. The van der Waals surface area contributed by atoms with Gasteiger partial charge >= 0.3 is 0 Å². The molecule has 1 aromatic heterocycles. The van der Waals surface area contributed by atoms with Gasteiger partial charge < -0.3 is 10.5 Å². The van der Waals surface area contributed by atoms with Crippen LogP contribution < -0.4 is 10.5 Å². The number of fused-ring (bicyclic) bond motifs is 1. The molecule has 0 spiro atoms. The maximum Gasteiger partial charge on any atom is 0.146 e. The van der Waals surface area contributed by atoms with Crippen molar-refractivity contribution in [3.8, 4) is 17.6 Å². The highest BCUT2D eigenvalue weighted by atomic mass is 32.1. The molecule has 98 valence electrons. The van der Waals surface area contributed by atoms with Crippen LogP contribution in [0, 0.1) is 17.1 Å². The van der Waals surface area contributed by atoms with Crippen molar-refractivity contribution in [3.63, 3.8) is 0 Å². The summed E-state index contributed by atoms with van der Waals surface area (Å²) in [5.41, 5.74) is 8.32. The monoisotopic (exact) mass is 285 g/mol. The van der Waals surface area contributed by atoms with Crippen LogP contribution in [0.2, 0.25) is 0 Å². The molecule has 3 rings (SSSR count). The van der Waals surface area contributed by atoms with E-state index in [9.17, 15) is 9.65 Å². The van der Waals surface area contributed by atoms with E-state index in [0.717, 1.165) is 10.2 Å². The number of nitrogen functional groups attached to an aromatic ring is 1. The first-order valence-corrected chi connectivity index (χ1v) is 6.56. The van der Waals surface area contributed by atoms with Crippen LogP contribution in [0.15, 0.2) is 35.8 Å². The minimum atomic E-state index is -0.504. The largest absolute Gasteiger partial charge is 0.456 e. The van der Waals surface area contributed by atoms with Gasteiger partial charge in [0.25, 0.3) is 0 Å². The van der Waals surface area contributed by atoms with E-state index in [1.54, 1.807) is 17.6 Å². The second-order valence-electron chi connectivity index (χ2n) is 4.04. The van der Waals surface area contributed by atoms with Gasteiger partial charge in [0.1, 0.15) is 28.9 Å². The molecule has 0 aliphatic rings. The van der Waals surface area contributed by atoms with Crippen LogP contribution in [-0.4, -0.2) is 4.98 Å². The van der Waals surface area contributed by atoms with Crippen molar-refractivity contribution in [1.82, 2.24) is 4.98 Å². The number of nitrogens with two attached hydrogens (primary N) is 1. The average Bonchev–Trinajstić information content (AvgIpc) is 2.91. The van der Waals surface area contributed by atoms with E-state index >= 15 is 0 Å². The molecular formula is C14H8FN3OS. The summed E-state index contributed by atoms with van der Waals surface area (Å²) in [4.78, 5) is 4.14. The fourth-order valence-electron chi connectivity index (χ4n) is 1.81. The molecule has 0 saturated carbocycles. The van der Waals surface area contributed by atoms with Crippen LogP contribution >= 0.6 is 11.3 Å². The van der Waals surface area contributed by atoms with Gasteiger partial charge in [0.05, 0.1) is 21.4 Å². The van der Waals surface area contributed by atoms with Gasteiger partial charge in [-0.05, 0) is 24.3 Å². The van der Waals surface area contributed by atoms with E-state index in [0.29, 0.717) is 17.1 Å². The molecule has 1 heterocycles. The van der Waals surface area contributed by atoms with Crippen molar-refractivity contribution in [2.45, 2.75) is 0 Å². The predicted molar refractivity (Wildman–Crippen MR) is 75.2 cm³/mol. The van der Waals surface area contributed by atoms with Crippen molar-refractivity contribution in [1.29, 1.82) is 5.26 Å². The van der Waals surface area contributed by atoms with Crippen molar-refractivity contribution < 1.29 is 9.13 Å². The van der Waals surface area contributed by atoms with Crippen molar-refractivity contribution in [3.05, 3.63) is 47.2 Å². The number of hydrogen-bond acceptors (Lipinski definition) is 5. The summed E-state index contributed by atoms with van der Waals surface area (Å²) in [5.74, 6) is 0.273. The van der Waals surface area contributed by atoms with Crippen LogP contribution in [0.1, 0.15) is 5.56 Å². The Bertz CT molecular complexity index is 838. The first-order chi connectivity index (χ1) is 9.69. The van der Waals surface area contributed by atoms with Gasteiger partial charge in [0.2, 0.25) is 0 Å². The number of rotatable bonds is 2. The fraction of sp³-hybridized carbons (Fsp3) is 0. The zero-order valence-electron chi connectivity index (χ0n) is 10.1. The van der Waals surface area contributed by atoms with Gasteiger partial charge in [-0.15, -0.1) is 11.3 Å². The molecule has 3 aromatic rings. The smallest absolute Gasteiger partial charge is 0.146 e. The molecule has 0 amide bonds. The minimum Gasteiger partial charge on any atom is -0.456 e. The van der Waals surface area contributed by atoms with E-state index in [1.165, 1.54) is 29.5 Å². The SMILES string of the molecule is N#Cc1c(Oc2ccc(F)c(N)c2)ccc2ncsc12. The molecule has 0 radical (unpaired) electrons. The first kappa shape index (κ1) is 12.4. The van der Waals surface area contributed by atoms with Crippen LogP contribution in [0.3, 0.4) is 0 Å². The van der Waals surface area contributed by atoms with Gasteiger partial charge in [-0.3, -0.25) is 0 Å². The number of halogens is 1. The number of ether oxygens (including phenoxy) is 1. The lowest BCUT2D eigenvalue weighted by Gasteiger charge is -2.08. The molecule has 0 aliphatic carbocycles. The third-order valence-corrected chi connectivity index (χ3v) is 3.63. The molecule has 0 atom stereocenters. The second-order valence-corrected chi connectivity index (χ2v) is 4.89. The van der Waals surface area contributed by atoms with E-state index in [1.807, 2.05) is 0 Å². The van der Waals surface area contributed by atoms with Crippen LogP contribution in [0.4, 0.5) is 10.1 Å². The van der Waals surface area contributed by atoms with Gasteiger partial charge in [0, 0.05) is 6.07 Å². The van der Waals surface area contributed by atoms with Gasteiger partial charge in [-0.25, -0.2) is 9.37 Å². The highest BCUT2D eigenvalue weighted by Gasteiger charge is 2.12. The second kappa shape index (κ2) is 4.79. The third-order valence-electron chi connectivity index (χ3n) is 2.77. The molecule has 0 unspecified atom stereocenters. The molecule has 4 nitrogen and oxygen atoms in total. The summed E-state index contributed by atoms with van der Waals surface area (Å²) in [6, 6.07) is 9.62. The van der Waals surface area contributed by atoms with E-state index in [-0.39, 0.29) is 5.69 Å². The van der Waals surface area contributed by atoms with E-state index in [2.05, 4.69) is 11.1 Å². The molecule has 0 saturated heterocycles. The Morgan fingerprint density at radius 2 is 2.15 bits per heavy atom. The predicted octanol–water partition coefficient (Wildman–Crippen LogP) is 3.68. The third kappa shape index (κ3) is 2.04. The summed E-state index contributed by atoms with van der Waals surface area (Å²) < 4.78 is 19.5. The van der Waals surface area contributed by atoms with Crippen molar-refractivity contribution >= 4 is 27.2 Å². The van der Waals surface area contributed by atoms with Gasteiger partial charge in [-0.2, -0.15) is 5.26 Å². The Balaban J connectivity index is 2.06. The Morgan fingerprint density at radius 3 is 2.90 bits per heavy atom. The molecule has 2 aromatic carbocycles. The highest BCUT2D eigenvalue weighted by Crippen LogP contribution is 2.33. The summed E-state index contributed by atoms with van der Waals surface area (Å²) >= 11 is 1.37. The topological polar surface area (TPSA) is 71.9 Å². The number of anilines is 1. The Labute approximate surface area is 117 Å². The van der Waals surface area contributed by atoms with Crippen molar-refractivity contribution in [2.75, 3.05) is 5.73 Å². The van der Waals surface area contributed by atoms with E-state index in [4.69, 9.17) is 10.5 Å². The molecule has 0 aliphatic heterocycles. The number of nitriles is 1. The molecule has 20 heavy (non-hydrogen) atoms. The van der Waals surface area contributed by atoms with Gasteiger partial charge in [-0.1, -0.05) is 0 Å². The zero-order valence-corrected chi connectivity index (χ0v) is 10.9. The number of nitrogens with zero attached hydrogens (tertiary/aromatic N) is 2. The maximum atomic E-state index is 13.1. The maximum absolute atomic E-state index is 13.1. The zero-order chi connectivity index (χ0) is 14.1. The van der Waals surface area contributed by atoms with Gasteiger partial charge in [0.15, 0.2) is 0 Å². The molecule has 6 heteroatoms. The quantitative estimate of drug-likeness (QED) is 0.729. The summed E-state index contributed by atoms with van der Waals surface area (Å²) in [5, 5.41) is 9.28. The number of thiazole rings is 1. The fourth-order valence-corrected chi connectivity index (χ4v) is 2.59. The number of benzene rings is 2. The molecule has 2 N–H and O–H groups in total. The lowest BCUT2D eigenvalue weighted by atomic mass is 10.2. The Morgan fingerprint density at radius 1 is 1.30 bits per heavy atom. The normalized spacial score (nSPS) is 10.4. The van der Waals surface area contributed by atoms with E-state index < -0.39 is 5.82 Å². The first-order valence-electron chi connectivity index (χ1n) is 5.68. The van der Waals surface area contributed by atoms with Crippen LogP contribution in [0.5, 0.6) is 11.5 Å². The highest BCUT2D eigenvalue weighted by molar-refractivity contribution is 7.17. The van der Waals surface area contributed by atoms with Crippen molar-refractivity contribution in [2.24, 2.45) is 0 Å². The lowest BCUT2D eigenvalue weighted by Crippen LogP contribution is -1.93. The summed E-state index contributed by atoms with van der Waals surface area (Å²) in [6.45, 7) is 0. The summed E-state index contributed by atoms with van der Waals surface area (Å²) in [6.07, 6.45) is 0. The molecule has 0 fully saturated rings. The molecule has 0 bridgehead atoms. The number of hydrogen-bond donors (Lipinski definition) is 1. The minimum absolute atomic E-state index is 0.000115. The lowest BCUT2D eigenvalue weighted by molar-refractivity contribution is 0.480. The number of aromatic nitrogens is 1. The van der Waals surface area contributed by atoms with Crippen LogP contribution in [0.25, 0.3) is 10.2 Å².